The number of ether oxygens (including phenoxy) is 1. The first kappa shape index (κ1) is 18.4. The number of rotatable bonds is 7. The fraction of sp³-hybridized carbons (Fsp3) is 0.250. The van der Waals surface area contributed by atoms with Crippen molar-refractivity contribution in [3.8, 4) is 5.75 Å². The quantitative estimate of drug-likeness (QED) is 0.693. The predicted molar refractivity (Wildman–Crippen MR) is 98.7 cm³/mol. The topological polar surface area (TPSA) is 105 Å². The van der Waals surface area contributed by atoms with Crippen molar-refractivity contribution in [2.24, 2.45) is 0 Å². The van der Waals surface area contributed by atoms with Gasteiger partial charge in [0, 0.05) is 18.7 Å². The number of hydrogen-bond acceptors (Lipinski definition) is 4. The summed E-state index contributed by atoms with van der Waals surface area (Å²) in [5, 5.41) is 14.3. The number of hydrogen-bond donors (Lipinski definition) is 3. The zero-order valence-electron chi connectivity index (χ0n) is 14.6. The third-order valence-corrected chi connectivity index (χ3v) is 4.31. The van der Waals surface area contributed by atoms with Gasteiger partial charge in [0.25, 0.3) is 0 Å². The minimum atomic E-state index is -1.03. The molecule has 0 saturated carbocycles. The molecule has 0 spiro atoms. The SMILES string of the molecule is O=C(O)COc1ccc(CCNC(=O)C2CC(=O)Nc3ccccc32)cc1. The average Bonchev–Trinajstić information content (AvgIpc) is 2.66. The fourth-order valence-electron chi connectivity index (χ4n) is 3.00. The van der Waals surface area contributed by atoms with E-state index in [1.54, 1.807) is 18.2 Å². The molecule has 2 amide bonds. The predicted octanol–water partition coefficient (Wildman–Crippen LogP) is 1.93. The van der Waals surface area contributed by atoms with Crippen LogP contribution in [0.15, 0.2) is 48.5 Å². The zero-order valence-corrected chi connectivity index (χ0v) is 14.6. The maximum atomic E-state index is 12.5. The molecule has 7 nitrogen and oxygen atoms in total. The second-order valence-corrected chi connectivity index (χ2v) is 6.26. The van der Waals surface area contributed by atoms with Crippen LogP contribution in [0.25, 0.3) is 0 Å². The first-order valence-electron chi connectivity index (χ1n) is 8.63. The van der Waals surface area contributed by atoms with Crippen LogP contribution in [-0.4, -0.2) is 36.0 Å². The number of carboxylic acid groups (broad SMARTS) is 1. The summed E-state index contributed by atoms with van der Waals surface area (Å²) in [4.78, 5) is 34.8. The van der Waals surface area contributed by atoms with Crippen LogP contribution in [0.1, 0.15) is 23.5 Å². The number of anilines is 1. The molecule has 2 aromatic rings. The molecule has 1 aliphatic rings. The summed E-state index contributed by atoms with van der Waals surface area (Å²) < 4.78 is 5.08. The Morgan fingerprint density at radius 2 is 1.89 bits per heavy atom. The summed E-state index contributed by atoms with van der Waals surface area (Å²) in [5.74, 6) is -1.36. The van der Waals surface area contributed by atoms with Gasteiger partial charge in [0.1, 0.15) is 5.75 Å². The molecule has 140 valence electrons. The van der Waals surface area contributed by atoms with Crippen molar-refractivity contribution in [2.75, 3.05) is 18.5 Å². The van der Waals surface area contributed by atoms with Crippen LogP contribution in [0.4, 0.5) is 5.69 Å². The normalized spacial score (nSPS) is 15.4. The maximum Gasteiger partial charge on any atom is 0.341 e. The van der Waals surface area contributed by atoms with E-state index in [1.807, 2.05) is 30.3 Å². The highest BCUT2D eigenvalue weighted by Crippen LogP contribution is 2.31. The van der Waals surface area contributed by atoms with E-state index in [1.165, 1.54) is 0 Å². The molecule has 1 heterocycles. The molecule has 1 atom stereocenters. The van der Waals surface area contributed by atoms with E-state index in [0.717, 1.165) is 11.1 Å². The van der Waals surface area contributed by atoms with Gasteiger partial charge in [-0.1, -0.05) is 30.3 Å². The van der Waals surface area contributed by atoms with Gasteiger partial charge in [-0.25, -0.2) is 4.79 Å². The molecule has 3 rings (SSSR count). The van der Waals surface area contributed by atoms with Crippen molar-refractivity contribution in [2.45, 2.75) is 18.8 Å². The summed E-state index contributed by atoms with van der Waals surface area (Å²) in [6, 6.07) is 14.4. The smallest absolute Gasteiger partial charge is 0.341 e. The van der Waals surface area contributed by atoms with Crippen LogP contribution < -0.4 is 15.4 Å². The molecule has 7 heteroatoms. The van der Waals surface area contributed by atoms with Crippen molar-refractivity contribution in [1.82, 2.24) is 5.32 Å². The fourth-order valence-corrected chi connectivity index (χ4v) is 3.00. The van der Waals surface area contributed by atoms with E-state index in [-0.39, 0.29) is 24.8 Å². The lowest BCUT2D eigenvalue weighted by Gasteiger charge is -2.24. The van der Waals surface area contributed by atoms with Crippen LogP contribution in [0.3, 0.4) is 0 Å². The largest absolute Gasteiger partial charge is 0.482 e. The van der Waals surface area contributed by atoms with Gasteiger partial charge < -0.3 is 20.5 Å². The van der Waals surface area contributed by atoms with E-state index >= 15 is 0 Å². The Hall–Kier alpha value is -3.35. The molecule has 2 aromatic carbocycles. The summed E-state index contributed by atoms with van der Waals surface area (Å²) in [5.41, 5.74) is 2.50. The lowest BCUT2D eigenvalue weighted by atomic mass is 9.90. The molecule has 0 saturated heterocycles. The summed E-state index contributed by atoms with van der Waals surface area (Å²) in [6.07, 6.45) is 0.754. The molecule has 27 heavy (non-hydrogen) atoms. The molecule has 1 unspecified atom stereocenters. The highest BCUT2D eigenvalue weighted by molar-refractivity contribution is 6.01. The van der Waals surface area contributed by atoms with Crippen LogP contribution in [0.5, 0.6) is 5.75 Å². The number of carbonyl (C=O) groups is 3. The van der Waals surface area contributed by atoms with Crippen molar-refractivity contribution < 1.29 is 24.2 Å². The highest BCUT2D eigenvalue weighted by Gasteiger charge is 2.30. The molecule has 0 fully saturated rings. The van der Waals surface area contributed by atoms with E-state index in [4.69, 9.17) is 9.84 Å². The van der Waals surface area contributed by atoms with Gasteiger partial charge in [0.05, 0.1) is 5.92 Å². The third-order valence-electron chi connectivity index (χ3n) is 4.31. The highest BCUT2D eigenvalue weighted by atomic mass is 16.5. The second-order valence-electron chi connectivity index (χ2n) is 6.26. The first-order valence-corrected chi connectivity index (χ1v) is 8.63. The van der Waals surface area contributed by atoms with Crippen LogP contribution >= 0.6 is 0 Å². The summed E-state index contributed by atoms with van der Waals surface area (Å²) >= 11 is 0. The molecular weight excluding hydrogens is 348 g/mol. The Bertz CT molecular complexity index is 848. The third kappa shape index (κ3) is 4.84. The standard InChI is InChI=1S/C20H20N2O5/c23-18-11-16(15-3-1-2-4-17(15)22-18)20(26)21-10-9-13-5-7-14(8-6-13)27-12-19(24)25/h1-8,16H,9-12H2,(H,21,26)(H,22,23)(H,24,25). The molecule has 3 N–H and O–H groups in total. The Balaban J connectivity index is 1.53. The van der Waals surface area contributed by atoms with Gasteiger partial charge in [-0.05, 0) is 35.7 Å². The molecule has 0 radical (unpaired) electrons. The van der Waals surface area contributed by atoms with Crippen molar-refractivity contribution in [3.05, 3.63) is 59.7 Å². The van der Waals surface area contributed by atoms with Gasteiger partial charge in [0.2, 0.25) is 11.8 Å². The second kappa shape index (κ2) is 8.35. The first-order chi connectivity index (χ1) is 13.0. The van der Waals surface area contributed by atoms with Gasteiger partial charge in [0.15, 0.2) is 6.61 Å². The van der Waals surface area contributed by atoms with E-state index in [9.17, 15) is 14.4 Å². The van der Waals surface area contributed by atoms with Crippen molar-refractivity contribution in [1.29, 1.82) is 0 Å². The Labute approximate surface area is 156 Å². The number of para-hydroxylation sites is 1. The molecule has 0 aromatic heterocycles. The number of nitrogens with one attached hydrogen (secondary N) is 2. The van der Waals surface area contributed by atoms with Gasteiger partial charge >= 0.3 is 5.97 Å². The molecule has 0 bridgehead atoms. The van der Waals surface area contributed by atoms with Gasteiger partial charge in [-0.15, -0.1) is 0 Å². The number of fused-ring (bicyclic) bond motifs is 1. The van der Waals surface area contributed by atoms with Crippen LogP contribution in [-0.2, 0) is 20.8 Å². The van der Waals surface area contributed by atoms with Crippen molar-refractivity contribution in [3.63, 3.8) is 0 Å². The van der Waals surface area contributed by atoms with Crippen LogP contribution in [0.2, 0.25) is 0 Å². The molecule has 1 aliphatic heterocycles. The Morgan fingerprint density at radius 1 is 1.15 bits per heavy atom. The zero-order chi connectivity index (χ0) is 19.2. The Kier molecular flexibility index (Phi) is 5.71. The van der Waals surface area contributed by atoms with E-state index in [0.29, 0.717) is 24.4 Å². The number of amides is 2. The number of carboxylic acids is 1. The van der Waals surface area contributed by atoms with E-state index < -0.39 is 11.9 Å². The molecule has 0 aliphatic carbocycles. The van der Waals surface area contributed by atoms with E-state index in [2.05, 4.69) is 10.6 Å². The maximum absolute atomic E-state index is 12.5. The summed E-state index contributed by atoms with van der Waals surface area (Å²) in [6.45, 7) is 0.0558. The van der Waals surface area contributed by atoms with Crippen molar-refractivity contribution >= 4 is 23.5 Å². The molecular formula is C20H20N2O5. The van der Waals surface area contributed by atoms with Gasteiger partial charge in [-0.2, -0.15) is 0 Å². The minimum Gasteiger partial charge on any atom is -0.482 e. The minimum absolute atomic E-state index is 0.137. The lowest BCUT2D eigenvalue weighted by Crippen LogP contribution is -2.35. The number of benzene rings is 2. The van der Waals surface area contributed by atoms with Crippen LogP contribution in [0, 0.1) is 0 Å². The number of carbonyl (C=O) groups excluding carboxylic acids is 2. The average molecular weight is 368 g/mol. The lowest BCUT2D eigenvalue weighted by molar-refractivity contribution is -0.139. The summed E-state index contributed by atoms with van der Waals surface area (Å²) in [7, 11) is 0. The number of aliphatic carboxylic acids is 1. The Morgan fingerprint density at radius 3 is 2.63 bits per heavy atom. The monoisotopic (exact) mass is 368 g/mol. The van der Waals surface area contributed by atoms with Gasteiger partial charge in [-0.3, -0.25) is 9.59 Å².